The second-order valence-corrected chi connectivity index (χ2v) is 8.01. The van der Waals surface area contributed by atoms with E-state index in [9.17, 15) is 8.42 Å². The molecule has 0 fully saturated rings. The molecule has 1 aromatic rings. The molecule has 0 radical (unpaired) electrons. The van der Waals surface area contributed by atoms with Gasteiger partial charge in [0.05, 0.1) is 4.90 Å². The van der Waals surface area contributed by atoms with E-state index in [-0.39, 0.29) is 0 Å². The van der Waals surface area contributed by atoms with Crippen LogP contribution in [0.25, 0.3) is 0 Å². The molecular formula is C12H18O2S2. The van der Waals surface area contributed by atoms with E-state index in [2.05, 4.69) is 13.8 Å². The summed E-state index contributed by atoms with van der Waals surface area (Å²) in [7, 11) is -2.26. The third-order valence-corrected chi connectivity index (χ3v) is 5.89. The molecule has 1 unspecified atom stereocenters. The van der Waals surface area contributed by atoms with Gasteiger partial charge in [-0.1, -0.05) is 32.4 Å². The molecule has 0 amide bonds. The molecule has 1 rings (SSSR count). The number of benzene rings is 1. The Morgan fingerprint density at radius 3 is 2.25 bits per heavy atom. The van der Waals surface area contributed by atoms with E-state index in [4.69, 9.17) is 0 Å². The summed E-state index contributed by atoms with van der Waals surface area (Å²) < 4.78 is 23.1. The van der Waals surface area contributed by atoms with Crippen LogP contribution in [0, 0.1) is 5.92 Å². The van der Waals surface area contributed by atoms with Crippen LogP contribution in [0.4, 0.5) is 0 Å². The Morgan fingerprint density at radius 2 is 1.81 bits per heavy atom. The Labute approximate surface area is 102 Å². The lowest BCUT2D eigenvalue weighted by Gasteiger charge is -2.08. The van der Waals surface area contributed by atoms with Crippen LogP contribution in [0.2, 0.25) is 0 Å². The molecule has 0 aliphatic carbocycles. The van der Waals surface area contributed by atoms with Gasteiger partial charge < -0.3 is 0 Å². The van der Waals surface area contributed by atoms with E-state index in [1.807, 2.05) is 12.1 Å². The Kier molecular flexibility index (Phi) is 4.87. The molecule has 1 aromatic carbocycles. The molecule has 4 heteroatoms. The molecule has 0 spiro atoms. The van der Waals surface area contributed by atoms with Gasteiger partial charge in [0.1, 0.15) is 0 Å². The van der Waals surface area contributed by atoms with E-state index in [0.29, 0.717) is 10.8 Å². The van der Waals surface area contributed by atoms with Crippen LogP contribution in [-0.4, -0.2) is 14.7 Å². The van der Waals surface area contributed by atoms with Gasteiger partial charge in [0.15, 0.2) is 0 Å². The first-order chi connectivity index (χ1) is 7.49. The molecular weight excluding hydrogens is 240 g/mol. The summed E-state index contributed by atoms with van der Waals surface area (Å²) in [6, 6.07) is 7.22. The zero-order valence-electron chi connectivity index (χ0n) is 9.93. The Morgan fingerprint density at radius 1 is 1.25 bits per heavy atom. The fourth-order valence-electron chi connectivity index (χ4n) is 1.44. The van der Waals surface area contributed by atoms with Crippen LogP contribution < -0.4 is 0 Å². The molecule has 1 atom stereocenters. The van der Waals surface area contributed by atoms with Crippen molar-refractivity contribution in [1.29, 1.82) is 0 Å². The van der Waals surface area contributed by atoms with Crippen molar-refractivity contribution in [3.63, 3.8) is 0 Å². The SMILES string of the molecule is CCC(C)Cc1ccc(S(=O)(=O)SC)cc1. The van der Waals surface area contributed by atoms with Crippen molar-refractivity contribution < 1.29 is 8.42 Å². The Balaban J connectivity index is 2.84. The van der Waals surface area contributed by atoms with Gasteiger partial charge in [-0.2, -0.15) is 0 Å². The molecule has 2 nitrogen and oxygen atoms in total. The molecule has 90 valence electrons. The van der Waals surface area contributed by atoms with Crippen molar-refractivity contribution in [1.82, 2.24) is 0 Å². The largest absolute Gasteiger partial charge is 0.229 e. The highest BCUT2D eigenvalue weighted by molar-refractivity contribution is 8.71. The van der Waals surface area contributed by atoms with Crippen molar-refractivity contribution in [2.45, 2.75) is 31.6 Å². The van der Waals surface area contributed by atoms with Crippen molar-refractivity contribution >= 4 is 19.7 Å². The van der Waals surface area contributed by atoms with Gasteiger partial charge in [0, 0.05) is 0 Å². The second kappa shape index (κ2) is 5.73. The molecule has 0 saturated carbocycles. The van der Waals surface area contributed by atoms with Gasteiger partial charge in [0.2, 0.25) is 8.87 Å². The maximum absolute atomic E-state index is 11.6. The molecule has 0 aromatic heterocycles. The average molecular weight is 258 g/mol. The highest BCUT2D eigenvalue weighted by Gasteiger charge is 2.12. The topological polar surface area (TPSA) is 34.1 Å². The van der Waals surface area contributed by atoms with Crippen molar-refractivity contribution in [2.24, 2.45) is 5.92 Å². The highest BCUT2D eigenvalue weighted by Crippen LogP contribution is 2.21. The summed E-state index contributed by atoms with van der Waals surface area (Å²) in [6.45, 7) is 4.36. The zero-order chi connectivity index (χ0) is 12.2. The van der Waals surface area contributed by atoms with Crippen molar-refractivity contribution in [3.8, 4) is 0 Å². The number of hydrogen-bond donors (Lipinski definition) is 0. The molecule has 0 aliphatic heterocycles. The normalized spacial score (nSPS) is 13.7. The predicted octanol–water partition coefficient (Wildman–Crippen LogP) is 3.33. The average Bonchev–Trinajstić information content (AvgIpc) is 2.29. The number of hydrogen-bond acceptors (Lipinski definition) is 3. The van der Waals surface area contributed by atoms with E-state index in [1.54, 1.807) is 18.4 Å². The summed E-state index contributed by atoms with van der Waals surface area (Å²) in [4.78, 5) is 0.396. The van der Waals surface area contributed by atoms with Crippen molar-refractivity contribution in [2.75, 3.05) is 6.26 Å². The van der Waals surface area contributed by atoms with Gasteiger partial charge in [-0.25, -0.2) is 8.42 Å². The van der Waals surface area contributed by atoms with Crippen LogP contribution >= 0.6 is 10.8 Å². The van der Waals surface area contributed by atoms with E-state index in [1.165, 1.54) is 5.56 Å². The smallest absolute Gasteiger partial charge is 0.212 e. The van der Waals surface area contributed by atoms with Crippen LogP contribution in [0.3, 0.4) is 0 Å². The van der Waals surface area contributed by atoms with E-state index in [0.717, 1.165) is 23.6 Å². The minimum Gasteiger partial charge on any atom is -0.212 e. The van der Waals surface area contributed by atoms with E-state index < -0.39 is 8.87 Å². The minimum atomic E-state index is -3.13. The van der Waals surface area contributed by atoms with E-state index >= 15 is 0 Å². The monoisotopic (exact) mass is 258 g/mol. The first-order valence-electron chi connectivity index (χ1n) is 5.39. The molecule has 0 N–H and O–H groups in total. The fourth-order valence-corrected chi connectivity index (χ4v) is 3.01. The Bertz CT molecular complexity index is 421. The predicted molar refractivity (Wildman–Crippen MR) is 70.3 cm³/mol. The fraction of sp³-hybridized carbons (Fsp3) is 0.500. The Hall–Kier alpha value is -0.480. The molecule has 0 aliphatic rings. The summed E-state index contributed by atoms with van der Waals surface area (Å²) in [5.41, 5.74) is 1.20. The molecule has 0 saturated heterocycles. The second-order valence-electron chi connectivity index (χ2n) is 3.98. The summed E-state index contributed by atoms with van der Waals surface area (Å²) in [6.07, 6.45) is 3.74. The summed E-state index contributed by atoms with van der Waals surface area (Å²) in [5, 5.41) is 0. The molecule has 0 bridgehead atoms. The zero-order valence-corrected chi connectivity index (χ0v) is 11.6. The van der Waals surface area contributed by atoms with Crippen LogP contribution in [0.1, 0.15) is 25.8 Å². The molecule has 16 heavy (non-hydrogen) atoms. The third kappa shape index (κ3) is 3.52. The van der Waals surface area contributed by atoms with Gasteiger partial charge in [-0.15, -0.1) is 0 Å². The van der Waals surface area contributed by atoms with Gasteiger partial charge in [-0.05, 0) is 47.1 Å². The molecule has 0 heterocycles. The summed E-state index contributed by atoms with van der Waals surface area (Å²) >= 11 is 0. The van der Waals surface area contributed by atoms with Crippen LogP contribution in [0.5, 0.6) is 0 Å². The third-order valence-electron chi connectivity index (χ3n) is 2.71. The van der Waals surface area contributed by atoms with Crippen molar-refractivity contribution in [3.05, 3.63) is 29.8 Å². The highest BCUT2D eigenvalue weighted by atomic mass is 33.1. The maximum Gasteiger partial charge on any atom is 0.229 e. The minimum absolute atomic E-state index is 0.396. The lowest BCUT2D eigenvalue weighted by Crippen LogP contribution is -1.99. The van der Waals surface area contributed by atoms with Crippen LogP contribution in [0.15, 0.2) is 29.2 Å². The first-order valence-corrected chi connectivity index (χ1v) is 8.61. The lowest BCUT2D eigenvalue weighted by molar-refractivity contribution is 0.560. The van der Waals surface area contributed by atoms with Crippen LogP contribution in [-0.2, 0) is 15.3 Å². The van der Waals surface area contributed by atoms with Gasteiger partial charge in [-0.3, -0.25) is 0 Å². The lowest BCUT2D eigenvalue weighted by atomic mass is 9.99. The standard InChI is InChI=1S/C12H18O2S2/c1-4-10(2)9-11-5-7-12(8-6-11)16(13,14)15-3/h5-8,10H,4,9H2,1-3H3. The quantitative estimate of drug-likeness (QED) is 0.760. The first kappa shape index (κ1) is 13.6. The number of rotatable bonds is 5. The summed E-state index contributed by atoms with van der Waals surface area (Å²) in [5.74, 6) is 0.642. The van der Waals surface area contributed by atoms with Gasteiger partial charge in [0.25, 0.3) is 0 Å². The maximum atomic E-state index is 11.6. The van der Waals surface area contributed by atoms with Gasteiger partial charge >= 0.3 is 0 Å².